The Bertz CT molecular complexity index is 717. The lowest BCUT2D eigenvalue weighted by atomic mass is 9.95. The lowest BCUT2D eigenvalue weighted by molar-refractivity contribution is -0.126. The molecular weight excluding hydrogens is 356 g/mol. The number of nitrogens with one attached hydrogen (secondary N) is 1. The molecule has 152 valence electrons. The predicted molar refractivity (Wildman–Crippen MR) is 106 cm³/mol. The minimum absolute atomic E-state index is 0.00762. The van der Waals surface area contributed by atoms with Gasteiger partial charge in [-0.1, -0.05) is 0 Å². The van der Waals surface area contributed by atoms with Crippen LogP contribution < -0.4 is 14.8 Å². The van der Waals surface area contributed by atoms with E-state index in [2.05, 4.69) is 5.32 Å². The zero-order valence-electron chi connectivity index (χ0n) is 16.6. The van der Waals surface area contributed by atoms with Crippen molar-refractivity contribution < 1.29 is 19.1 Å². The number of likely N-dealkylation sites (tertiary alicyclic amines) is 1. The van der Waals surface area contributed by atoms with Gasteiger partial charge in [0.05, 0.1) is 13.2 Å². The van der Waals surface area contributed by atoms with Crippen LogP contribution in [0.25, 0.3) is 0 Å². The Labute approximate surface area is 166 Å². The van der Waals surface area contributed by atoms with Crippen LogP contribution in [0, 0.1) is 5.92 Å². The first-order valence-electron chi connectivity index (χ1n) is 10.6. The summed E-state index contributed by atoms with van der Waals surface area (Å²) < 4.78 is 11.5. The highest BCUT2D eigenvalue weighted by Crippen LogP contribution is 2.33. The average molecular weight is 386 g/mol. The van der Waals surface area contributed by atoms with Crippen molar-refractivity contribution in [2.75, 3.05) is 20.2 Å². The fourth-order valence-corrected chi connectivity index (χ4v) is 4.16. The Morgan fingerprint density at radius 1 is 1.00 bits per heavy atom. The Balaban J connectivity index is 1.35. The van der Waals surface area contributed by atoms with Crippen LogP contribution in [-0.4, -0.2) is 49.1 Å². The minimum Gasteiger partial charge on any atom is -0.493 e. The molecule has 6 heteroatoms. The number of benzene rings is 1. The van der Waals surface area contributed by atoms with E-state index in [1.54, 1.807) is 13.2 Å². The molecule has 28 heavy (non-hydrogen) atoms. The van der Waals surface area contributed by atoms with E-state index < -0.39 is 0 Å². The molecule has 0 bridgehead atoms. The van der Waals surface area contributed by atoms with Gasteiger partial charge in [-0.2, -0.15) is 0 Å². The Hall–Kier alpha value is -2.24. The molecule has 6 nitrogen and oxygen atoms in total. The zero-order valence-corrected chi connectivity index (χ0v) is 16.6. The normalized spacial score (nSPS) is 20.8. The predicted octanol–water partition coefficient (Wildman–Crippen LogP) is 3.15. The topological polar surface area (TPSA) is 67.9 Å². The van der Waals surface area contributed by atoms with E-state index in [1.165, 1.54) is 12.8 Å². The average Bonchev–Trinajstić information content (AvgIpc) is 3.39. The van der Waals surface area contributed by atoms with Crippen molar-refractivity contribution in [2.45, 2.75) is 63.5 Å². The molecule has 1 saturated heterocycles. The zero-order chi connectivity index (χ0) is 19.5. The molecule has 1 aromatic carbocycles. The number of hydrogen-bond donors (Lipinski definition) is 1. The third-order valence-electron chi connectivity index (χ3n) is 6.08. The van der Waals surface area contributed by atoms with E-state index in [4.69, 9.17) is 9.47 Å². The summed E-state index contributed by atoms with van der Waals surface area (Å²) >= 11 is 0. The number of amides is 2. The summed E-state index contributed by atoms with van der Waals surface area (Å²) in [7, 11) is 1.61. The molecule has 1 N–H and O–H groups in total. The van der Waals surface area contributed by atoms with E-state index in [0.29, 0.717) is 36.2 Å². The molecule has 0 atom stereocenters. The highest BCUT2D eigenvalue weighted by atomic mass is 16.5. The summed E-state index contributed by atoms with van der Waals surface area (Å²) in [5.74, 6) is 1.50. The Morgan fingerprint density at radius 3 is 2.36 bits per heavy atom. The first kappa shape index (κ1) is 19.1. The standard InChI is InChI=1S/C22H30N2O4/c1-27-20-14-16(6-9-19(20)28-18-4-2-3-5-18)22(26)24-12-10-15(11-13-24)21(25)23-17-7-8-17/h6,9,14-15,17-18H,2-5,7-8,10-13H2,1H3,(H,23,25). The van der Waals surface area contributed by atoms with Crippen molar-refractivity contribution >= 4 is 11.8 Å². The lowest BCUT2D eigenvalue weighted by Gasteiger charge is -2.31. The summed E-state index contributed by atoms with van der Waals surface area (Å²) in [5, 5.41) is 3.08. The van der Waals surface area contributed by atoms with Gasteiger partial charge < -0.3 is 19.7 Å². The van der Waals surface area contributed by atoms with Gasteiger partial charge in [-0.3, -0.25) is 9.59 Å². The van der Waals surface area contributed by atoms with Gasteiger partial charge in [-0.05, 0) is 69.6 Å². The number of rotatable bonds is 6. The second-order valence-corrected chi connectivity index (χ2v) is 8.24. The van der Waals surface area contributed by atoms with Crippen LogP contribution in [0.3, 0.4) is 0 Å². The summed E-state index contributed by atoms with van der Waals surface area (Å²) in [6.45, 7) is 1.23. The maximum atomic E-state index is 12.9. The van der Waals surface area contributed by atoms with Crippen LogP contribution in [0.4, 0.5) is 0 Å². The monoisotopic (exact) mass is 386 g/mol. The molecule has 2 saturated carbocycles. The van der Waals surface area contributed by atoms with Crippen molar-refractivity contribution in [1.82, 2.24) is 10.2 Å². The summed E-state index contributed by atoms with van der Waals surface area (Å²) in [4.78, 5) is 27.0. The number of nitrogens with zero attached hydrogens (tertiary/aromatic N) is 1. The molecule has 3 aliphatic rings. The van der Waals surface area contributed by atoms with Crippen LogP contribution >= 0.6 is 0 Å². The summed E-state index contributed by atoms with van der Waals surface area (Å²) in [6.07, 6.45) is 8.47. The van der Waals surface area contributed by atoms with Crippen molar-refractivity contribution in [3.05, 3.63) is 23.8 Å². The number of carbonyl (C=O) groups is 2. The maximum absolute atomic E-state index is 12.9. The van der Waals surface area contributed by atoms with Crippen molar-refractivity contribution in [1.29, 1.82) is 0 Å². The first-order chi connectivity index (χ1) is 13.6. The van der Waals surface area contributed by atoms with E-state index in [9.17, 15) is 9.59 Å². The van der Waals surface area contributed by atoms with Gasteiger partial charge in [-0.15, -0.1) is 0 Å². The van der Waals surface area contributed by atoms with Crippen molar-refractivity contribution in [2.24, 2.45) is 5.92 Å². The highest BCUT2D eigenvalue weighted by Gasteiger charge is 2.31. The van der Waals surface area contributed by atoms with E-state index in [0.717, 1.165) is 38.5 Å². The largest absolute Gasteiger partial charge is 0.493 e. The molecule has 0 radical (unpaired) electrons. The third kappa shape index (κ3) is 4.42. The van der Waals surface area contributed by atoms with Crippen LogP contribution in [0.5, 0.6) is 11.5 Å². The third-order valence-corrected chi connectivity index (χ3v) is 6.08. The molecular formula is C22H30N2O4. The first-order valence-corrected chi connectivity index (χ1v) is 10.6. The molecule has 1 heterocycles. The summed E-state index contributed by atoms with van der Waals surface area (Å²) in [6, 6.07) is 5.84. The molecule has 0 unspecified atom stereocenters. The number of piperidine rings is 1. The molecule has 0 spiro atoms. The lowest BCUT2D eigenvalue weighted by Crippen LogP contribution is -2.43. The van der Waals surface area contributed by atoms with Gasteiger partial charge in [0.2, 0.25) is 5.91 Å². The Morgan fingerprint density at radius 2 is 1.71 bits per heavy atom. The van der Waals surface area contributed by atoms with Gasteiger partial charge in [0.1, 0.15) is 0 Å². The SMILES string of the molecule is COc1cc(C(=O)N2CCC(C(=O)NC3CC3)CC2)ccc1OC1CCCC1. The van der Waals surface area contributed by atoms with Gasteiger partial charge in [0, 0.05) is 30.6 Å². The van der Waals surface area contributed by atoms with Crippen LogP contribution in [0.2, 0.25) is 0 Å². The van der Waals surface area contributed by atoms with Crippen LogP contribution in [-0.2, 0) is 4.79 Å². The van der Waals surface area contributed by atoms with Crippen LogP contribution in [0.15, 0.2) is 18.2 Å². The van der Waals surface area contributed by atoms with E-state index in [1.807, 2.05) is 17.0 Å². The van der Waals surface area contributed by atoms with Gasteiger partial charge >= 0.3 is 0 Å². The van der Waals surface area contributed by atoms with Gasteiger partial charge in [0.25, 0.3) is 5.91 Å². The summed E-state index contributed by atoms with van der Waals surface area (Å²) in [5.41, 5.74) is 0.608. The Kier molecular flexibility index (Phi) is 5.74. The highest BCUT2D eigenvalue weighted by molar-refractivity contribution is 5.95. The molecule has 2 amide bonds. The van der Waals surface area contributed by atoms with Crippen molar-refractivity contribution in [3.63, 3.8) is 0 Å². The molecule has 3 fully saturated rings. The fraction of sp³-hybridized carbons (Fsp3) is 0.636. The van der Waals surface area contributed by atoms with Crippen molar-refractivity contribution in [3.8, 4) is 11.5 Å². The molecule has 1 aliphatic heterocycles. The quantitative estimate of drug-likeness (QED) is 0.816. The van der Waals surface area contributed by atoms with E-state index in [-0.39, 0.29) is 23.8 Å². The number of ether oxygens (including phenoxy) is 2. The molecule has 0 aromatic heterocycles. The minimum atomic E-state index is -0.00762. The number of methoxy groups -OCH3 is 1. The smallest absolute Gasteiger partial charge is 0.253 e. The fourth-order valence-electron chi connectivity index (χ4n) is 4.16. The number of carbonyl (C=O) groups excluding carboxylic acids is 2. The number of hydrogen-bond acceptors (Lipinski definition) is 4. The maximum Gasteiger partial charge on any atom is 0.253 e. The van der Waals surface area contributed by atoms with E-state index >= 15 is 0 Å². The second kappa shape index (κ2) is 8.41. The second-order valence-electron chi connectivity index (χ2n) is 8.24. The molecule has 1 aromatic rings. The molecule has 2 aliphatic carbocycles. The van der Waals surface area contributed by atoms with Crippen LogP contribution in [0.1, 0.15) is 61.7 Å². The van der Waals surface area contributed by atoms with Gasteiger partial charge in [0.15, 0.2) is 11.5 Å². The van der Waals surface area contributed by atoms with Gasteiger partial charge in [-0.25, -0.2) is 0 Å². The molecule has 4 rings (SSSR count).